The van der Waals surface area contributed by atoms with Crippen LogP contribution in [0.4, 0.5) is 0 Å². The van der Waals surface area contributed by atoms with E-state index < -0.39 is 0 Å². The summed E-state index contributed by atoms with van der Waals surface area (Å²) in [5, 5.41) is 0. The molecule has 1 fully saturated rings. The van der Waals surface area contributed by atoms with Gasteiger partial charge in [-0.25, -0.2) is 0 Å². The van der Waals surface area contributed by atoms with E-state index in [0.29, 0.717) is 12.6 Å². The highest BCUT2D eigenvalue weighted by atomic mass is 79.9. The van der Waals surface area contributed by atoms with Gasteiger partial charge in [-0.15, -0.1) is 0 Å². The molecule has 0 spiro atoms. The summed E-state index contributed by atoms with van der Waals surface area (Å²) in [7, 11) is 3.91. The summed E-state index contributed by atoms with van der Waals surface area (Å²) >= 11 is 3.56. The average molecular weight is 356 g/mol. The predicted molar refractivity (Wildman–Crippen MR) is 90.8 cm³/mol. The summed E-state index contributed by atoms with van der Waals surface area (Å²) in [5.74, 6) is 0.915. The second-order valence-electron chi connectivity index (χ2n) is 5.84. The molecular weight excluding hydrogens is 330 g/mol. The van der Waals surface area contributed by atoms with E-state index in [9.17, 15) is 0 Å². The van der Waals surface area contributed by atoms with Crippen LogP contribution in [-0.2, 0) is 0 Å². The number of methoxy groups -OCH3 is 1. The van der Waals surface area contributed by atoms with Gasteiger partial charge in [-0.05, 0) is 45.1 Å². The summed E-state index contributed by atoms with van der Waals surface area (Å²) in [5.41, 5.74) is 7.30. The number of hydrogen-bond donors (Lipinski definition) is 1. The molecule has 1 heterocycles. The molecular formula is C16H26BrN3O. The Bertz CT molecular complexity index is 469. The zero-order chi connectivity index (χ0) is 15.4. The van der Waals surface area contributed by atoms with Crippen molar-refractivity contribution in [3.8, 4) is 5.75 Å². The Labute approximate surface area is 136 Å². The Morgan fingerprint density at radius 1 is 1.43 bits per heavy atom. The quantitative estimate of drug-likeness (QED) is 0.900. The molecule has 4 nitrogen and oxygen atoms in total. The van der Waals surface area contributed by atoms with Gasteiger partial charge in [0.15, 0.2) is 0 Å². The molecule has 0 saturated carbocycles. The van der Waals surface area contributed by atoms with Gasteiger partial charge < -0.3 is 15.4 Å². The molecule has 5 heteroatoms. The maximum Gasteiger partial charge on any atom is 0.123 e. The van der Waals surface area contributed by atoms with Crippen LogP contribution in [0, 0.1) is 0 Å². The molecule has 0 bridgehead atoms. The lowest BCUT2D eigenvalue weighted by molar-refractivity contribution is 0.144. The summed E-state index contributed by atoms with van der Waals surface area (Å²) in [6.07, 6.45) is 1.17. The number of hydrogen-bond acceptors (Lipinski definition) is 4. The SMILES string of the molecule is COc1ccc(Br)cc1C(CN)N1CCCN(C)CC1C. The van der Waals surface area contributed by atoms with Crippen LogP contribution < -0.4 is 10.5 Å². The summed E-state index contributed by atoms with van der Waals surface area (Å²) in [6.45, 7) is 6.18. The van der Waals surface area contributed by atoms with Gasteiger partial charge in [0.1, 0.15) is 5.75 Å². The summed E-state index contributed by atoms with van der Waals surface area (Å²) in [6, 6.07) is 6.83. The largest absolute Gasteiger partial charge is 0.496 e. The van der Waals surface area contributed by atoms with E-state index in [2.05, 4.69) is 45.8 Å². The number of nitrogens with two attached hydrogens (primary N) is 1. The number of halogens is 1. The van der Waals surface area contributed by atoms with Crippen LogP contribution in [0.15, 0.2) is 22.7 Å². The van der Waals surface area contributed by atoms with Gasteiger partial charge in [-0.3, -0.25) is 4.90 Å². The van der Waals surface area contributed by atoms with E-state index in [1.54, 1.807) is 7.11 Å². The summed E-state index contributed by atoms with van der Waals surface area (Å²) in [4.78, 5) is 4.92. The molecule has 0 aromatic heterocycles. The van der Waals surface area contributed by atoms with Gasteiger partial charge in [0.25, 0.3) is 0 Å². The lowest BCUT2D eigenvalue weighted by Gasteiger charge is -2.36. The van der Waals surface area contributed by atoms with E-state index in [0.717, 1.165) is 29.9 Å². The molecule has 2 rings (SSSR count). The molecule has 0 radical (unpaired) electrons. The van der Waals surface area contributed by atoms with Crippen LogP contribution in [0.25, 0.3) is 0 Å². The molecule has 0 aliphatic carbocycles. The normalized spacial score (nSPS) is 22.8. The maximum atomic E-state index is 6.13. The predicted octanol–water partition coefficient (Wildman–Crippen LogP) is 2.48. The Balaban J connectivity index is 2.32. The van der Waals surface area contributed by atoms with Crippen LogP contribution in [-0.4, -0.2) is 56.2 Å². The van der Waals surface area contributed by atoms with Crippen LogP contribution in [0.2, 0.25) is 0 Å². The lowest BCUT2D eigenvalue weighted by atomic mass is 10.0. The fourth-order valence-electron chi connectivity index (χ4n) is 3.26. The van der Waals surface area contributed by atoms with Crippen LogP contribution >= 0.6 is 15.9 Å². The van der Waals surface area contributed by atoms with E-state index >= 15 is 0 Å². The third kappa shape index (κ3) is 3.97. The number of benzene rings is 1. The monoisotopic (exact) mass is 355 g/mol. The van der Waals surface area contributed by atoms with Gasteiger partial charge in [-0.1, -0.05) is 15.9 Å². The Morgan fingerprint density at radius 3 is 2.86 bits per heavy atom. The fourth-order valence-corrected chi connectivity index (χ4v) is 3.64. The first-order valence-electron chi connectivity index (χ1n) is 7.54. The topological polar surface area (TPSA) is 41.7 Å². The molecule has 1 aliphatic heterocycles. The van der Waals surface area contributed by atoms with Crippen molar-refractivity contribution in [2.24, 2.45) is 5.73 Å². The van der Waals surface area contributed by atoms with Crippen molar-refractivity contribution < 1.29 is 4.74 Å². The molecule has 2 atom stereocenters. The minimum Gasteiger partial charge on any atom is -0.496 e. The van der Waals surface area contributed by atoms with Crippen molar-refractivity contribution in [2.75, 3.05) is 40.3 Å². The van der Waals surface area contributed by atoms with Gasteiger partial charge >= 0.3 is 0 Å². The van der Waals surface area contributed by atoms with E-state index in [1.165, 1.54) is 12.0 Å². The second kappa shape index (κ2) is 7.58. The third-order valence-corrected chi connectivity index (χ3v) is 4.77. The first kappa shape index (κ1) is 16.7. The standard InChI is InChI=1S/C16H26BrN3O/c1-12-11-19(2)7-4-8-20(12)15(10-18)14-9-13(17)5-6-16(14)21-3/h5-6,9,12,15H,4,7-8,10-11,18H2,1-3H3. The van der Waals surface area contributed by atoms with Gasteiger partial charge in [0, 0.05) is 35.7 Å². The first-order valence-corrected chi connectivity index (χ1v) is 8.34. The highest BCUT2D eigenvalue weighted by Gasteiger charge is 2.28. The van der Waals surface area contributed by atoms with E-state index in [1.807, 2.05) is 12.1 Å². The van der Waals surface area contributed by atoms with Crippen LogP contribution in [0.3, 0.4) is 0 Å². The lowest BCUT2D eigenvalue weighted by Crippen LogP contribution is -2.43. The zero-order valence-corrected chi connectivity index (χ0v) is 14.8. The summed E-state index contributed by atoms with van der Waals surface area (Å²) < 4.78 is 6.61. The van der Waals surface area contributed by atoms with Gasteiger partial charge in [-0.2, -0.15) is 0 Å². The van der Waals surface area contributed by atoms with Crippen molar-refractivity contribution in [2.45, 2.75) is 25.4 Å². The van der Waals surface area contributed by atoms with Crippen LogP contribution in [0.5, 0.6) is 5.75 Å². The Kier molecular flexibility index (Phi) is 6.05. The molecule has 1 saturated heterocycles. The number of nitrogens with zero attached hydrogens (tertiary/aromatic N) is 2. The molecule has 0 amide bonds. The minimum absolute atomic E-state index is 0.193. The van der Waals surface area contributed by atoms with E-state index in [4.69, 9.17) is 10.5 Å². The third-order valence-electron chi connectivity index (χ3n) is 4.27. The van der Waals surface area contributed by atoms with Crippen molar-refractivity contribution in [1.82, 2.24) is 9.80 Å². The van der Waals surface area contributed by atoms with Gasteiger partial charge in [0.2, 0.25) is 0 Å². The van der Waals surface area contributed by atoms with Crippen molar-refractivity contribution in [3.63, 3.8) is 0 Å². The number of rotatable bonds is 4. The number of likely N-dealkylation sites (N-methyl/N-ethyl adjacent to an activating group) is 1. The Morgan fingerprint density at radius 2 is 2.19 bits per heavy atom. The highest BCUT2D eigenvalue weighted by Crippen LogP contribution is 2.33. The van der Waals surface area contributed by atoms with Crippen molar-refractivity contribution in [1.29, 1.82) is 0 Å². The second-order valence-corrected chi connectivity index (χ2v) is 6.76. The van der Waals surface area contributed by atoms with Crippen molar-refractivity contribution in [3.05, 3.63) is 28.2 Å². The minimum atomic E-state index is 0.193. The molecule has 1 aliphatic rings. The molecule has 118 valence electrons. The average Bonchev–Trinajstić information content (AvgIpc) is 2.61. The van der Waals surface area contributed by atoms with Gasteiger partial charge in [0.05, 0.1) is 13.2 Å². The highest BCUT2D eigenvalue weighted by molar-refractivity contribution is 9.10. The molecule has 1 aromatic carbocycles. The smallest absolute Gasteiger partial charge is 0.123 e. The molecule has 21 heavy (non-hydrogen) atoms. The number of ether oxygens (including phenoxy) is 1. The fraction of sp³-hybridized carbons (Fsp3) is 0.625. The van der Waals surface area contributed by atoms with Crippen LogP contribution in [0.1, 0.15) is 24.9 Å². The maximum absolute atomic E-state index is 6.13. The molecule has 2 N–H and O–H groups in total. The molecule has 1 aromatic rings. The van der Waals surface area contributed by atoms with E-state index in [-0.39, 0.29) is 6.04 Å². The van der Waals surface area contributed by atoms with Crippen molar-refractivity contribution >= 4 is 15.9 Å². The molecule has 2 unspecified atom stereocenters. The Hall–Kier alpha value is -0.620. The zero-order valence-electron chi connectivity index (χ0n) is 13.2. The first-order chi connectivity index (χ1) is 10.1.